The molecule has 1 aromatic rings. The number of hydrogen-bond donors (Lipinski definition) is 1. The van der Waals surface area contributed by atoms with Gasteiger partial charge in [-0.25, -0.2) is 0 Å². The summed E-state index contributed by atoms with van der Waals surface area (Å²) in [5.74, 6) is 0. The van der Waals surface area contributed by atoms with E-state index in [0.717, 1.165) is 24.0 Å². The summed E-state index contributed by atoms with van der Waals surface area (Å²) in [6, 6.07) is 8.37. The standard InChI is InChI=1S/C11H13BrINO/c12-9-3-1-8(2-4-9)7-14-6-5-10(15)11(14)13/h1-4,10-11,15H,5-7H2. The highest BCUT2D eigenvalue weighted by Crippen LogP contribution is 2.25. The molecule has 0 aliphatic carbocycles. The van der Waals surface area contributed by atoms with Crippen molar-refractivity contribution in [1.29, 1.82) is 0 Å². The summed E-state index contributed by atoms with van der Waals surface area (Å²) in [7, 11) is 0. The third-order valence-corrected chi connectivity index (χ3v) is 4.82. The SMILES string of the molecule is OC1CCN(Cc2ccc(Br)cc2)C1I. The first kappa shape index (κ1) is 11.8. The molecule has 2 unspecified atom stereocenters. The van der Waals surface area contributed by atoms with Gasteiger partial charge in [0.2, 0.25) is 0 Å². The van der Waals surface area contributed by atoms with Crippen molar-refractivity contribution in [1.82, 2.24) is 4.90 Å². The predicted molar refractivity (Wildman–Crippen MR) is 73.0 cm³/mol. The molecule has 82 valence electrons. The van der Waals surface area contributed by atoms with Crippen LogP contribution in [0.25, 0.3) is 0 Å². The van der Waals surface area contributed by atoms with E-state index >= 15 is 0 Å². The maximum absolute atomic E-state index is 9.63. The van der Waals surface area contributed by atoms with Gasteiger partial charge in [0.15, 0.2) is 0 Å². The minimum Gasteiger partial charge on any atom is -0.391 e. The Balaban J connectivity index is 2.00. The number of likely N-dealkylation sites (tertiary alicyclic amines) is 1. The molecule has 15 heavy (non-hydrogen) atoms. The monoisotopic (exact) mass is 381 g/mol. The summed E-state index contributed by atoms with van der Waals surface area (Å²) in [6.45, 7) is 1.92. The van der Waals surface area contributed by atoms with Gasteiger partial charge in [-0.2, -0.15) is 0 Å². The van der Waals surface area contributed by atoms with Crippen molar-refractivity contribution in [3.8, 4) is 0 Å². The lowest BCUT2D eigenvalue weighted by Gasteiger charge is -2.20. The molecule has 1 fully saturated rings. The molecule has 1 aliphatic heterocycles. The van der Waals surface area contributed by atoms with Crippen LogP contribution in [-0.2, 0) is 6.54 Å². The fourth-order valence-electron chi connectivity index (χ4n) is 1.79. The number of rotatable bonds is 2. The molecule has 1 N–H and O–H groups in total. The first-order chi connectivity index (χ1) is 7.16. The van der Waals surface area contributed by atoms with Crippen LogP contribution in [0.3, 0.4) is 0 Å². The van der Waals surface area contributed by atoms with E-state index in [2.05, 4.69) is 67.7 Å². The smallest absolute Gasteiger partial charge is 0.0884 e. The Hall–Kier alpha value is 0.350. The van der Waals surface area contributed by atoms with Crippen LogP contribution in [0.1, 0.15) is 12.0 Å². The Morgan fingerprint density at radius 2 is 2.07 bits per heavy atom. The van der Waals surface area contributed by atoms with Crippen LogP contribution in [0, 0.1) is 0 Å². The maximum atomic E-state index is 9.63. The number of aliphatic hydroxyl groups is 1. The molecule has 0 spiro atoms. The highest BCUT2D eigenvalue weighted by Gasteiger charge is 2.29. The van der Waals surface area contributed by atoms with Crippen LogP contribution in [0.5, 0.6) is 0 Å². The van der Waals surface area contributed by atoms with Crippen LogP contribution in [0.4, 0.5) is 0 Å². The second-order valence-corrected chi connectivity index (χ2v) is 6.02. The van der Waals surface area contributed by atoms with Gasteiger partial charge in [-0.1, -0.05) is 50.7 Å². The second kappa shape index (κ2) is 5.12. The summed E-state index contributed by atoms with van der Waals surface area (Å²) in [5, 5.41) is 9.63. The molecule has 0 aromatic heterocycles. The van der Waals surface area contributed by atoms with Crippen molar-refractivity contribution in [3.63, 3.8) is 0 Å². The van der Waals surface area contributed by atoms with E-state index < -0.39 is 0 Å². The first-order valence-electron chi connectivity index (χ1n) is 4.97. The van der Waals surface area contributed by atoms with E-state index in [9.17, 15) is 5.11 Å². The molecule has 1 heterocycles. The lowest BCUT2D eigenvalue weighted by Crippen LogP contribution is -2.28. The lowest BCUT2D eigenvalue weighted by molar-refractivity contribution is 0.166. The minimum absolute atomic E-state index is 0.166. The molecule has 2 nitrogen and oxygen atoms in total. The summed E-state index contributed by atoms with van der Waals surface area (Å²) in [4.78, 5) is 2.31. The maximum Gasteiger partial charge on any atom is 0.0884 e. The van der Waals surface area contributed by atoms with Gasteiger partial charge in [-0.15, -0.1) is 0 Å². The molecule has 4 heteroatoms. The third kappa shape index (κ3) is 2.93. The highest BCUT2D eigenvalue weighted by molar-refractivity contribution is 14.1. The van der Waals surface area contributed by atoms with Crippen molar-refractivity contribution in [2.45, 2.75) is 23.1 Å². The van der Waals surface area contributed by atoms with E-state index in [4.69, 9.17) is 0 Å². The summed E-state index contributed by atoms with van der Waals surface area (Å²) in [5.41, 5.74) is 1.30. The van der Waals surface area contributed by atoms with Crippen LogP contribution in [0.2, 0.25) is 0 Å². The normalized spacial score (nSPS) is 27.1. The topological polar surface area (TPSA) is 23.5 Å². The third-order valence-electron chi connectivity index (χ3n) is 2.68. The molecule has 2 atom stereocenters. The summed E-state index contributed by atoms with van der Waals surface area (Å²) >= 11 is 5.74. The van der Waals surface area contributed by atoms with Gasteiger partial charge in [-0.3, -0.25) is 4.90 Å². The molecule has 0 saturated carbocycles. The predicted octanol–water partition coefficient (Wildman–Crippen LogP) is 2.78. The average Bonchev–Trinajstić information content (AvgIpc) is 2.53. The molecule has 1 aliphatic rings. The Morgan fingerprint density at radius 1 is 1.40 bits per heavy atom. The molecular weight excluding hydrogens is 369 g/mol. The minimum atomic E-state index is -0.166. The van der Waals surface area contributed by atoms with E-state index in [1.807, 2.05) is 0 Å². The molecule has 1 aromatic carbocycles. The first-order valence-corrected chi connectivity index (χ1v) is 7.01. The largest absolute Gasteiger partial charge is 0.391 e. The number of alkyl halides is 1. The molecule has 0 radical (unpaired) electrons. The molecule has 2 rings (SSSR count). The fourth-order valence-corrected chi connectivity index (χ4v) is 2.89. The molecule has 1 saturated heterocycles. The van der Waals surface area contributed by atoms with Crippen LogP contribution < -0.4 is 0 Å². The molecule has 0 bridgehead atoms. The van der Waals surface area contributed by atoms with Crippen molar-refractivity contribution in [3.05, 3.63) is 34.3 Å². The zero-order valence-electron chi connectivity index (χ0n) is 8.24. The van der Waals surface area contributed by atoms with Crippen molar-refractivity contribution in [2.75, 3.05) is 6.54 Å². The summed E-state index contributed by atoms with van der Waals surface area (Å²) < 4.78 is 1.37. The van der Waals surface area contributed by atoms with Crippen LogP contribution in [-0.4, -0.2) is 26.7 Å². The average molecular weight is 382 g/mol. The number of halogens is 2. The van der Waals surface area contributed by atoms with Crippen molar-refractivity contribution in [2.24, 2.45) is 0 Å². The van der Waals surface area contributed by atoms with E-state index in [1.54, 1.807) is 0 Å². The van der Waals surface area contributed by atoms with Gasteiger partial charge in [0.25, 0.3) is 0 Å². The highest BCUT2D eigenvalue weighted by atomic mass is 127. The van der Waals surface area contributed by atoms with Gasteiger partial charge in [0, 0.05) is 17.6 Å². The molecular formula is C11H13BrINO. The van der Waals surface area contributed by atoms with Crippen LogP contribution >= 0.6 is 38.5 Å². The number of aliphatic hydroxyl groups excluding tert-OH is 1. The van der Waals surface area contributed by atoms with E-state index in [-0.39, 0.29) is 10.2 Å². The van der Waals surface area contributed by atoms with E-state index in [1.165, 1.54) is 5.56 Å². The van der Waals surface area contributed by atoms with Gasteiger partial charge in [0.1, 0.15) is 0 Å². The Kier molecular flexibility index (Phi) is 4.04. The van der Waals surface area contributed by atoms with Gasteiger partial charge >= 0.3 is 0 Å². The van der Waals surface area contributed by atoms with Gasteiger partial charge < -0.3 is 5.11 Å². The fraction of sp³-hybridized carbons (Fsp3) is 0.455. The Morgan fingerprint density at radius 3 is 2.60 bits per heavy atom. The number of hydrogen-bond acceptors (Lipinski definition) is 2. The van der Waals surface area contributed by atoms with Crippen molar-refractivity contribution >= 4 is 38.5 Å². The van der Waals surface area contributed by atoms with E-state index in [0.29, 0.717) is 0 Å². The number of benzene rings is 1. The zero-order valence-corrected chi connectivity index (χ0v) is 12.0. The van der Waals surface area contributed by atoms with Crippen LogP contribution in [0.15, 0.2) is 28.7 Å². The van der Waals surface area contributed by atoms with Gasteiger partial charge in [-0.05, 0) is 24.1 Å². The second-order valence-electron chi connectivity index (χ2n) is 3.83. The lowest BCUT2D eigenvalue weighted by atomic mass is 10.2. The van der Waals surface area contributed by atoms with Gasteiger partial charge in [0.05, 0.1) is 10.2 Å². The van der Waals surface area contributed by atoms with Crippen molar-refractivity contribution < 1.29 is 5.11 Å². The number of nitrogens with zero attached hydrogens (tertiary/aromatic N) is 1. The Bertz CT molecular complexity index is 330. The zero-order chi connectivity index (χ0) is 10.8. The quantitative estimate of drug-likeness (QED) is 0.483. The summed E-state index contributed by atoms with van der Waals surface area (Å²) in [6.07, 6.45) is 0.727. The Labute approximate surface area is 112 Å². The molecule has 0 amide bonds.